The first-order chi connectivity index (χ1) is 16.8. The fourth-order valence-corrected chi connectivity index (χ4v) is 6.76. The monoisotopic (exact) mass is 502 g/mol. The van der Waals surface area contributed by atoms with Crippen LogP contribution in [0.25, 0.3) is 0 Å². The van der Waals surface area contributed by atoms with Crippen molar-refractivity contribution in [2.75, 3.05) is 26.3 Å². The zero-order valence-corrected chi connectivity index (χ0v) is 20.8. The maximum atomic E-state index is 13.6. The van der Waals surface area contributed by atoms with E-state index in [9.17, 15) is 18.3 Å². The minimum atomic E-state index is -3.86. The fraction of sp³-hybridized carbons (Fsp3) is 0.500. The molecule has 0 bridgehead atoms. The Morgan fingerprint density at radius 3 is 2.60 bits per heavy atom. The van der Waals surface area contributed by atoms with Gasteiger partial charge in [-0.25, -0.2) is 8.42 Å². The molecular weight excluding hydrogens is 468 g/mol. The first kappa shape index (κ1) is 25.8. The van der Waals surface area contributed by atoms with E-state index < -0.39 is 28.3 Å². The summed E-state index contributed by atoms with van der Waals surface area (Å²) in [4.78, 5) is 12.7. The van der Waals surface area contributed by atoms with Crippen molar-refractivity contribution < 1.29 is 27.8 Å². The molecule has 2 heterocycles. The van der Waals surface area contributed by atoms with Gasteiger partial charge in [0.1, 0.15) is 0 Å². The van der Waals surface area contributed by atoms with Gasteiger partial charge in [-0.15, -0.1) is 0 Å². The minimum absolute atomic E-state index is 0.0248. The summed E-state index contributed by atoms with van der Waals surface area (Å²) in [6.07, 6.45) is 0.274. The second-order valence-corrected chi connectivity index (χ2v) is 11.1. The number of nitrogens with zero attached hydrogens (tertiary/aromatic N) is 1. The van der Waals surface area contributed by atoms with Crippen LogP contribution in [0.1, 0.15) is 30.4 Å². The molecule has 9 heteroatoms. The van der Waals surface area contributed by atoms with Crippen molar-refractivity contribution in [1.29, 1.82) is 0 Å². The fourth-order valence-electron chi connectivity index (χ4n) is 4.81. The quantitative estimate of drug-likeness (QED) is 0.601. The van der Waals surface area contributed by atoms with Crippen molar-refractivity contribution in [1.82, 2.24) is 9.62 Å². The summed E-state index contributed by atoms with van der Waals surface area (Å²) in [5.41, 5.74) is 1.81. The maximum absolute atomic E-state index is 13.6. The van der Waals surface area contributed by atoms with Crippen molar-refractivity contribution in [3.63, 3.8) is 0 Å². The standard InChI is InChI=1S/C26H34N2O6S/c1-19-7-5-6-10-25(19)35(31,32)28-16-21(29)17-33-18-24-23(28)12-11-22(34-24)15-26(30)27-14-13-20-8-3-2-4-9-20/h2-10,21-24,29H,11-18H2,1H3,(H,27,30)/t21-,22-,23-,24+/m0/s1. The lowest BCUT2D eigenvalue weighted by molar-refractivity contribution is -0.146. The molecule has 2 aromatic carbocycles. The average Bonchev–Trinajstić information content (AvgIpc) is 2.82. The number of hydrogen-bond acceptors (Lipinski definition) is 6. The second kappa shape index (κ2) is 11.6. The largest absolute Gasteiger partial charge is 0.389 e. The molecule has 4 rings (SSSR count). The molecule has 2 aromatic rings. The lowest BCUT2D eigenvalue weighted by Gasteiger charge is -2.43. The third-order valence-corrected chi connectivity index (χ3v) is 8.66. The highest BCUT2D eigenvalue weighted by Gasteiger charge is 2.43. The number of fused-ring (bicyclic) bond motifs is 1. The summed E-state index contributed by atoms with van der Waals surface area (Å²) in [7, 11) is -3.86. The predicted octanol–water partition coefficient (Wildman–Crippen LogP) is 2.04. The number of sulfonamides is 1. The third kappa shape index (κ3) is 6.48. The molecule has 2 aliphatic heterocycles. The Labute approximate surface area is 207 Å². The van der Waals surface area contributed by atoms with Gasteiger partial charge in [0.25, 0.3) is 0 Å². The number of rotatable bonds is 7. The number of nitrogens with one attached hydrogen (secondary N) is 1. The summed E-state index contributed by atoms with van der Waals surface area (Å²) < 4.78 is 40.5. The zero-order valence-electron chi connectivity index (χ0n) is 20.0. The predicted molar refractivity (Wildman–Crippen MR) is 131 cm³/mol. The van der Waals surface area contributed by atoms with E-state index >= 15 is 0 Å². The van der Waals surface area contributed by atoms with Crippen LogP contribution < -0.4 is 5.32 Å². The van der Waals surface area contributed by atoms with Crippen molar-refractivity contribution in [2.24, 2.45) is 0 Å². The van der Waals surface area contributed by atoms with Gasteiger partial charge in [0, 0.05) is 13.1 Å². The molecule has 0 saturated carbocycles. The van der Waals surface area contributed by atoms with Gasteiger partial charge in [-0.05, 0) is 43.4 Å². The Kier molecular flexibility index (Phi) is 8.56. The Morgan fingerprint density at radius 2 is 1.83 bits per heavy atom. The van der Waals surface area contributed by atoms with Gasteiger partial charge in [0.05, 0.1) is 48.9 Å². The molecule has 35 heavy (non-hydrogen) atoms. The van der Waals surface area contributed by atoms with Crippen LogP contribution in [0.2, 0.25) is 0 Å². The number of carbonyl (C=O) groups excluding carboxylic acids is 1. The van der Waals surface area contributed by atoms with Crippen LogP contribution >= 0.6 is 0 Å². The topological polar surface area (TPSA) is 105 Å². The number of aryl methyl sites for hydroxylation is 1. The summed E-state index contributed by atoms with van der Waals surface area (Å²) in [6, 6.07) is 16.3. The molecule has 2 N–H and O–H groups in total. The number of hydrogen-bond donors (Lipinski definition) is 2. The molecule has 0 spiro atoms. The molecule has 0 unspecified atom stereocenters. The molecule has 190 valence electrons. The lowest BCUT2D eigenvalue weighted by atomic mass is 9.96. The minimum Gasteiger partial charge on any atom is -0.389 e. The van der Waals surface area contributed by atoms with Crippen LogP contribution in [0.3, 0.4) is 0 Å². The first-order valence-corrected chi connectivity index (χ1v) is 13.6. The number of amides is 1. The van der Waals surface area contributed by atoms with Crippen LogP contribution in [-0.4, -0.2) is 74.4 Å². The van der Waals surface area contributed by atoms with Crippen molar-refractivity contribution in [3.05, 3.63) is 65.7 Å². The van der Waals surface area contributed by atoms with Crippen LogP contribution in [0, 0.1) is 6.92 Å². The van der Waals surface area contributed by atoms with Gasteiger partial charge in [0.2, 0.25) is 15.9 Å². The number of aliphatic hydroxyl groups excluding tert-OH is 1. The number of carbonyl (C=O) groups is 1. The Balaban J connectivity index is 1.40. The van der Waals surface area contributed by atoms with E-state index in [1.807, 2.05) is 30.3 Å². The Bertz CT molecular complexity index is 1090. The lowest BCUT2D eigenvalue weighted by Crippen LogP contribution is -2.57. The summed E-state index contributed by atoms with van der Waals surface area (Å²) >= 11 is 0. The van der Waals surface area contributed by atoms with E-state index in [1.165, 1.54) is 4.31 Å². The van der Waals surface area contributed by atoms with Gasteiger partial charge < -0.3 is 19.9 Å². The maximum Gasteiger partial charge on any atom is 0.243 e. The molecule has 1 amide bonds. The molecule has 2 saturated heterocycles. The smallest absolute Gasteiger partial charge is 0.243 e. The van der Waals surface area contributed by atoms with Crippen molar-refractivity contribution in [2.45, 2.75) is 61.9 Å². The molecule has 0 radical (unpaired) electrons. The first-order valence-electron chi connectivity index (χ1n) is 12.1. The van der Waals surface area contributed by atoms with E-state index in [2.05, 4.69) is 5.32 Å². The molecule has 4 atom stereocenters. The molecule has 0 aromatic heterocycles. The summed E-state index contributed by atoms with van der Waals surface area (Å²) in [5.74, 6) is -0.0871. The molecule has 0 aliphatic carbocycles. The second-order valence-electron chi connectivity index (χ2n) is 9.26. The SMILES string of the molecule is Cc1ccccc1S(=O)(=O)N1C[C@H](O)COC[C@H]2O[C@H](CC(=O)NCCc3ccccc3)CC[C@@H]21. The molecular formula is C26H34N2O6S. The van der Waals surface area contributed by atoms with Gasteiger partial charge in [-0.2, -0.15) is 4.31 Å². The number of β-amino-alcohol motifs (C(OH)–C–C–N with tert-alkyl or cyclic N) is 1. The highest BCUT2D eigenvalue weighted by atomic mass is 32.2. The van der Waals surface area contributed by atoms with Gasteiger partial charge in [0.15, 0.2) is 0 Å². The van der Waals surface area contributed by atoms with Crippen LogP contribution in [-0.2, 0) is 30.7 Å². The molecule has 2 fully saturated rings. The van der Waals surface area contributed by atoms with Crippen molar-refractivity contribution >= 4 is 15.9 Å². The van der Waals surface area contributed by atoms with E-state index in [-0.39, 0.29) is 43.1 Å². The highest BCUT2D eigenvalue weighted by molar-refractivity contribution is 7.89. The van der Waals surface area contributed by atoms with Crippen molar-refractivity contribution in [3.8, 4) is 0 Å². The van der Waals surface area contributed by atoms with E-state index in [4.69, 9.17) is 9.47 Å². The number of aliphatic hydroxyl groups is 1. The average molecular weight is 503 g/mol. The summed E-state index contributed by atoms with van der Waals surface area (Å²) in [6.45, 7) is 2.43. The van der Waals surface area contributed by atoms with E-state index in [1.54, 1.807) is 31.2 Å². The van der Waals surface area contributed by atoms with Gasteiger partial charge >= 0.3 is 0 Å². The summed E-state index contributed by atoms with van der Waals surface area (Å²) in [5, 5.41) is 13.3. The number of benzene rings is 2. The third-order valence-electron chi connectivity index (χ3n) is 6.61. The zero-order chi connectivity index (χ0) is 24.8. The van der Waals surface area contributed by atoms with E-state index in [0.717, 1.165) is 12.0 Å². The van der Waals surface area contributed by atoms with Crippen LogP contribution in [0.5, 0.6) is 0 Å². The molecule has 2 aliphatic rings. The van der Waals surface area contributed by atoms with E-state index in [0.29, 0.717) is 24.9 Å². The Morgan fingerprint density at radius 1 is 1.09 bits per heavy atom. The normalized spacial score (nSPS) is 25.8. The number of ether oxygens (including phenoxy) is 2. The van der Waals surface area contributed by atoms with Crippen LogP contribution in [0.4, 0.5) is 0 Å². The molecule has 8 nitrogen and oxygen atoms in total. The highest BCUT2D eigenvalue weighted by Crippen LogP contribution is 2.32. The van der Waals surface area contributed by atoms with Crippen LogP contribution in [0.15, 0.2) is 59.5 Å². The Hall–Kier alpha value is -2.30. The van der Waals surface area contributed by atoms with Gasteiger partial charge in [-0.1, -0.05) is 48.5 Å². The van der Waals surface area contributed by atoms with Gasteiger partial charge in [-0.3, -0.25) is 4.79 Å².